The Balaban J connectivity index is 1.51. The standard InChI is InChI=1S/C17H16BrClN2O2/c18-13-4-10-6-15(20-8-11(10)5-14(13)19)21-16(22)12-7-17(12)2-1-3-23-9-17/h4-6,8,12H,1-3,7,9H2,(H,20,21,22). The number of anilines is 1. The van der Waals surface area contributed by atoms with Gasteiger partial charge in [-0.25, -0.2) is 4.98 Å². The number of amides is 1. The molecule has 1 aromatic carbocycles. The maximum absolute atomic E-state index is 12.5. The number of pyridine rings is 1. The van der Waals surface area contributed by atoms with E-state index in [1.807, 2.05) is 18.2 Å². The van der Waals surface area contributed by atoms with Crippen molar-refractivity contribution in [3.05, 3.63) is 33.9 Å². The van der Waals surface area contributed by atoms with Crippen LogP contribution in [0.15, 0.2) is 28.9 Å². The van der Waals surface area contributed by atoms with Crippen LogP contribution >= 0.6 is 27.5 Å². The lowest BCUT2D eigenvalue weighted by Crippen LogP contribution is -2.25. The highest BCUT2D eigenvalue weighted by Crippen LogP contribution is 2.57. The highest BCUT2D eigenvalue weighted by molar-refractivity contribution is 9.10. The molecule has 2 aromatic rings. The number of benzene rings is 1. The monoisotopic (exact) mass is 394 g/mol. The van der Waals surface area contributed by atoms with Gasteiger partial charge < -0.3 is 10.1 Å². The fourth-order valence-corrected chi connectivity index (χ4v) is 3.98. The van der Waals surface area contributed by atoms with E-state index in [1.54, 1.807) is 6.20 Å². The first-order valence-electron chi connectivity index (χ1n) is 7.71. The number of hydrogen-bond acceptors (Lipinski definition) is 3. The van der Waals surface area contributed by atoms with Crippen LogP contribution < -0.4 is 5.32 Å². The van der Waals surface area contributed by atoms with E-state index in [0.717, 1.165) is 41.1 Å². The summed E-state index contributed by atoms with van der Waals surface area (Å²) in [4.78, 5) is 16.8. The lowest BCUT2D eigenvalue weighted by atomic mass is 9.96. The first-order valence-corrected chi connectivity index (χ1v) is 8.88. The molecule has 2 aliphatic rings. The van der Waals surface area contributed by atoms with Crippen LogP contribution in [-0.4, -0.2) is 24.1 Å². The van der Waals surface area contributed by atoms with Crippen molar-refractivity contribution in [2.75, 3.05) is 18.5 Å². The molecule has 1 aliphatic carbocycles. The molecule has 2 unspecified atom stereocenters. The second-order valence-corrected chi connectivity index (χ2v) is 7.71. The SMILES string of the molecule is O=C(Nc1cc2cc(Br)c(Cl)cc2cn1)C1CC12CCCOC2. The largest absolute Gasteiger partial charge is 0.381 e. The van der Waals surface area contributed by atoms with Gasteiger partial charge in [-0.3, -0.25) is 4.79 Å². The zero-order valence-electron chi connectivity index (χ0n) is 12.4. The highest BCUT2D eigenvalue weighted by Gasteiger charge is 2.58. The van der Waals surface area contributed by atoms with Crippen LogP contribution in [0, 0.1) is 11.3 Å². The zero-order valence-corrected chi connectivity index (χ0v) is 14.8. The average Bonchev–Trinajstić information content (AvgIpc) is 3.23. The molecule has 0 radical (unpaired) electrons. The Morgan fingerprint density at radius 1 is 1.39 bits per heavy atom. The van der Waals surface area contributed by atoms with Crippen LogP contribution in [-0.2, 0) is 9.53 Å². The number of carbonyl (C=O) groups excluding carboxylic acids is 1. The van der Waals surface area contributed by atoms with E-state index in [1.165, 1.54) is 0 Å². The second kappa shape index (κ2) is 5.72. The van der Waals surface area contributed by atoms with Crippen LogP contribution in [0.5, 0.6) is 0 Å². The first-order chi connectivity index (χ1) is 11.1. The van der Waals surface area contributed by atoms with Gasteiger partial charge in [-0.15, -0.1) is 0 Å². The van der Waals surface area contributed by atoms with Gasteiger partial charge in [0.15, 0.2) is 0 Å². The molecule has 1 saturated heterocycles. The molecular weight excluding hydrogens is 380 g/mol. The Labute approximate surface area is 147 Å². The number of nitrogens with one attached hydrogen (secondary N) is 1. The fraction of sp³-hybridized carbons (Fsp3) is 0.412. The molecule has 1 spiro atoms. The number of aromatic nitrogens is 1. The van der Waals surface area contributed by atoms with Crippen molar-refractivity contribution in [1.29, 1.82) is 0 Å². The predicted molar refractivity (Wildman–Crippen MR) is 93.7 cm³/mol. The van der Waals surface area contributed by atoms with E-state index in [0.29, 0.717) is 17.4 Å². The van der Waals surface area contributed by atoms with Gasteiger partial charge in [0, 0.05) is 34.0 Å². The number of nitrogens with zero attached hydrogens (tertiary/aromatic N) is 1. The van der Waals surface area contributed by atoms with Gasteiger partial charge in [-0.2, -0.15) is 0 Å². The molecule has 1 N–H and O–H groups in total. The minimum atomic E-state index is 0.0513. The topological polar surface area (TPSA) is 51.2 Å². The zero-order chi connectivity index (χ0) is 16.0. The summed E-state index contributed by atoms with van der Waals surface area (Å²) in [5.41, 5.74) is 0.0791. The van der Waals surface area contributed by atoms with Crippen molar-refractivity contribution in [3.8, 4) is 0 Å². The lowest BCUT2D eigenvalue weighted by Gasteiger charge is -2.22. The number of hydrogen-bond donors (Lipinski definition) is 1. The molecule has 2 fully saturated rings. The summed E-state index contributed by atoms with van der Waals surface area (Å²) in [5, 5.41) is 5.52. The minimum absolute atomic E-state index is 0.0513. The summed E-state index contributed by atoms with van der Waals surface area (Å²) in [7, 11) is 0. The third kappa shape index (κ3) is 2.86. The van der Waals surface area contributed by atoms with Gasteiger partial charge in [0.1, 0.15) is 5.82 Å². The van der Waals surface area contributed by atoms with Crippen LogP contribution in [0.2, 0.25) is 5.02 Å². The van der Waals surface area contributed by atoms with Crippen molar-refractivity contribution in [1.82, 2.24) is 4.98 Å². The Hall–Kier alpha value is -1.17. The predicted octanol–water partition coefficient (Wildman–Crippen LogP) is 4.41. The summed E-state index contributed by atoms with van der Waals surface area (Å²) >= 11 is 9.51. The molecule has 0 bridgehead atoms. The quantitative estimate of drug-likeness (QED) is 0.819. The van der Waals surface area contributed by atoms with Crippen molar-refractivity contribution >= 4 is 50.0 Å². The number of carbonyl (C=O) groups is 1. The average molecular weight is 396 g/mol. The summed E-state index contributed by atoms with van der Waals surface area (Å²) < 4.78 is 6.38. The van der Waals surface area contributed by atoms with Gasteiger partial charge in [-0.1, -0.05) is 11.6 Å². The molecule has 1 amide bonds. The molecule has 2 heterocycles. The Morgan fingerprint density at radius 3 is 3.04 bits per heavy atom. The molecule has 1 saturated carbocycles. The van der Waals surface area contributed by atoms with Gasteiger partial charge in [0.05, 0.1) is 11.6 Å². The molecule has 120 valence electrons. The lowest BCUT2D eigenvalue weighted by molar-refractivity contribution is -0.119. The smallest absolute Gasteiger partial charge is 0.229 e. The number of halogens is 2. The van der Waals surface area contributed by atoms with Crippen molar-refractivity contribution < 1.29 is 9.53 Å². The summed E-state index contributed by atoms with van der Waals surface area (Å²) in [6, 6.07) is 5.66. The van der Waals surface area contributed by atoms with Gasteiger partial charge in [0.2, 0.25) is 5.91 Å². The van der Waals surface area contributed by atoms with E-state index in [2.05, 4.69) is 26.2 Å². The van der Waals surface area contributed by atoms with Crippen LogP contribution in [0.1, 0.15) is 19.3 Å². The molecular formula is C17H16BrClN2O2. The molecule has 4 rings (SSSR count). The van der Waals surface area contributed by atoms with Crippen LogP contribution in [0.3, 0.4) is 0 Å². The number of fused-ring (bicyclic) bond motifs is 1. The van der Waals surface area contributed by atoms with E-state index in [-0.39, 0.29) is 17.2 Å². The summed E-state index contributed by atoms with van der Waals surface area (Å²) in [5.74, 6) is 0.683. The van der Waals surface area contributed by atoms with E-state index < -0.39 is 0 Å². The van der Waals surface area contributed by atoms with Crippen molar-refractivity contribution in [2.45, 2.75) is 19.3 Å². The molecule has 2 atom stereocenters. The summed E-state index contributed by atoms with van der Waals surface area (Å²) in [6.45, 7) is 1.53. The molecule has 1 aliphatic heterocycles. The maximum Gasteiger partial charge on any atom is 0.229 e. The van der Waals surface area contributed by atoms with E-state index in [4.69, 9.17) is 16.3 Å². The Kier molecular flexibility index (Phi) is 3.82. The third-order valence-corrected chi connectivity index (χ3v) is 6.07. The molecule has 6 heteroatoms. The van der Waals surface area contributed by atoms with E-state index in [9.17, 15) is 4.79 Å². The minimum Gasteiger partial charge on any atom is -0.381 e. The third-order valence-electron chi connectivity index (χ3n) is 4.87. The highest BCUT2D eigenvalue weighted by atomic mass is 79.9. The molecule has 23 heavy (non-hydrogen) atoms. The maximum atomic E-state index is 12.5. The van der Waals surface area contributed by atoms with E-state index >= 15 is 0 Å². The summed E-state index contributed by atoms with van der Waals surface area (Å²) in [6.07, 6.45) is 4.79. The van der Waals surface area contributed by atoms with Crippen LogP contribution in [0.25, 0.3) is 10.8 Å². The second-order valence-electron chi connectivity index (χ2n) is 6.45. The van der Waals surface area contributed by atoms with Crippen LogP contribution in [0.4, 0.5) is 5.82 Å². The first kappa shape index (κ1) is 15.4. The van der Waals surface area contributed by atoms with Gasteiger partial charge >= 0.3 is 0 Å². The van der Waals surface area contributed by atoms with Crippen molar-refractivity contribution in [2.24, 2.45) is 11.3 Å². The fourth-order valence-electron chi connectivity index (χ4n) is 3.45. The number of ether oxygens (including phenoxy) is 1. The normalized spacial score (nSPS) is 26.4. The Bertz CT molecular complexity index is 790. The Morgan fingerprint density at radius 2 is 2.26 bits per heavy atom. The molecule has 4 nitrogen and oxygen atoms in total. The number of rotatable bonds is 2. The van der Waals surface area contributed by atoms with Gasteiger partial charge in [-0.05, 0) is 58.8 Å². The molecule has 1 aromatic heterocycles. The van der Waals surface area contributed by atoms with Gasteiger partial charge in [0.25, 0.3) is 0 Å². The van der Waals surface area contributed by atoms with Crippen molar-refractivity contribution in [3.63, 3.8) is 0 Å².